The summed E-state index contributed by atoms with van der Waals surface area (Å²) >= 11 is 0. The van der Waals surface area contributed by atoms with Crippen molar-refractivity contribution in [2.75, 3.05) is 0 Å². The second kappa shape index (κ2) is 5.31. The molecule has 0 aliphatic heterocycles. The molecule has 0 fully saturated rings. The lowest BCUT2D eigenvalue weighted by atomic mass is 10.1. The van der Waals surface area contributed by atoms with Gasteiger partial charge in [0.15, 0.2) is 0 Å². The molecule has 2 aromatic rings. The highest BCUT2D eigenvalue weighted by Crippen LogP contribution is 2.20. The van der Waals surface area contributed by atoms with E-state index in [-0.39, 0.29) is 18.3 Å². The quantitative estimate of drug-likeness (QED) is 0.903. The van der Waals surface area contributed by atoms with Crippen LogP contribution in [0.2, 0.25) is 0 Å². The first-order valence-electron chi connectivity index (χ1n) is 6.01. The van der Waals surface area contributed by atoms with Crippen molar-refractivity contribution in [2.45, 2.75) is 32.9 Å². The second-order valence-electron chi connectivity index (χ2n) is 4.66. The van der Waals surface area contributed by atoms with Gasteiger partial charge in [-0.1, -0.05) is 26.0 Å². The Balaban J connectivity index is 2.32. The van der Waals surface area contributed by atoms with E-state index in [0.717, 1.165) is 16.8 Å². The predicted molar refractivity (Wildman–Crippen MR) is 67.7 cm³/mol. The number of benzene rings is 1. The molecule has 1 heterocycles. The molecule has 1 aromatic heterocycles. The van der Waals surface area contributed by atoms with Gasteiger partial charge in [-0.3, -0.25) is 4.68 Å². The largest absolute Gasteiger partial charge is 0.392 e. The Hall–Kier alpha value is -1.68. The average Bonchev–Trinajstić information content (AvgIpc) is 2.72. The van der Waals surface area contributed by atoms with Gasteiger partial charge >= 0.3 is 0 Å². The fourth-order valence-corrected chi connectivity index (χ4v) is 2.16. The number of hydrogen-bond donors (Lipinski definition) is 1. The third-order valence-corrected chi connectivity index (χ3v) is 2.90. The van der Waals surface area contributed by atoms with Crippen LogP contribution in [0.1, 0.15) is 36.6 Å². The highest BCUT2D eigenvalue weighted by Gasteiger charge is 2.13. The van der Waals surface area contributed by atoms with Crippen molar-refractivity contribution >= 4 is 0 Å². The van der Waals surface area contributed by atoms with Crippen LogP contribution < -0.4 is 0 Å². The van der Waals surface area contributed by atoms with Crippen LogP contribution in [0, 0.1) is 5.82 Å². The van der Waals surface area contributed by atoms with Gasteiger partial charge < -0.3 is 5.11 Å². The number of hydrogen-bond acceptors (Lipinski definition) is 2. The summed E-state index contributed by atoms with van der Waals surface area (Å²) in [6.45, 7) is 4.61. The number of rotatable bonds is 4. The molecule has 0 aliphatic carbocycles. The molecule has 0 radical (unpaired) electrons. The van der Waals surface area contributed by atoms with Gasteiger partial charge in [0.05, 0.1) is 19.3 Å². The first-order chi connectivity index (χ1) is 8.61. The summed E-state index contributed by atoms with van der Waals surface area (Å²) in [5, 5.41) is 13.5. The SMILES string of the molecule is CC(C)c1c(CO)cnn1Cc1cccc(F)c1. The summed E-state index contributed by atoms with van der Waals surface area (Å²) in [6.07, 6.45) is 1.68. The van der Waals surface area contributed by atoms with Gasteiger partial charge in [0.25, 0.3) is 0 Å². The average molecular weight is 248 g/mol. The Morgan fingerprint density at radius 1 is 1.39 bits per heavy atom. The van der Waals surface area contributed by atoms with Gasteiger partial charge in [0.1, 0.15) is 5.82 Å². The van der Waals surface area contributed by atoms with Crippen LogP contribution in [-0.2, 0) is 13.2 Å². The van der Waals surface area contributed by atoms with Gasteiger partial charge in [-0.2, -0.15) is 5.10 Å². The molecule has 0 saturated heterocycles. The van der Waals surface area contributed by atoms with E-state index in [0.29, 0.717) is 6.54 Å². The van der Waals surface area contributed by atoms with E-state index in [4.69, 9.17) is 0 Å². The molecule has 0 bridgehead atoms. The maximum absolute atomic E-state index is 13.1. The van der Waals surface area contributed by atoms with Crippen LogP contribution >= 0.6 is 0 Å². The third-order valence-electron chi connectivity index (χ3n) is 2.90. The number of nitrogens with zero attached hydrogens (tertiary/aromatic N) is 2. The topological polar surface area (TPSA) is 38.1 Å². The Kier molecular flexibility index (Phi) is 3.77. The van der Waals surface area contributed by atoms with Crippen molar-refractivity contribution in [3.8, 4) is 0 Å². The third kappa shape index (κ3) is 2.59. The predicted octanol–water partition coefficient (Wildman–Crippen LogP) is 2.69. The van der Waals surface area contributed by atoms with Gasteiger partial charge in [0, 0.05) is 11.3 Å². The van der Waals surface area contributed by atoms with Gasteiger partial charge in [-0.25, -0.2) is 4.39 Å². The van der Waals surface area contributed by atoms with Crippen LogP contribution in [0.15, 0.2) is 30.5 Å². The normalized spacial score (nSPS) is 11.2. The lowest BCUT2D eigenvalue weighted by Gasteiger charge is -2.12. The van der Waals surface area contributed by atoms with Crippen LogP contribution in [0.25, 0.3) is 0 Å². The summed E-state index contributed by atoms with van der Waals surface area (Å²) in [7, 11) is 0. The molecule has 0 spiro atoms. The first kappa shape index (κ1) is 12.8. The van der Waals surface area contributed by atoms with Gasteiger partial charge in [-0.15, -0.1) is 0 Å². The lowest BCUT2D eigenvalue weighted by molar-refractivity contribution is 0.279. The van der Waals surface area contributed by atoms with Crippen molar-refractivity contribution < 1.29 is 9.50 Å². The molecule has 0 saturated carbocycles. The molecule has 2 rings (SSSR count). The van der Waals surface area contributed by atoms with Crippen LogP contribution in [0.5, 0.6) is 0 Å². The zero-order valence-corrected chi connectivity index (χ0v) is 10.6. The molecule has 0 aliphatic rings. The Morgan fingerprint density at radius 3 is 2.78 bits per heavy atom. The van der Waals surface area contributed by atoms with E-state index in [9.17, 15) is 9.50 Å². The summed E-state index contributed by atoms with van der Waals surface area (Å²) in [6, 6.07) is 6.49. The summed E-state index contributed by atoms with van der Waals surface area (Å²) in [5.74, 6) is 0.0244. The highest BCUT2D eigenvalue weighted by molar-refractivity contribution is 5.23. The summed E-state index contributed by atoms with van der Waals surface area (Å²) < 4.78 is 15.0. The Bertz CT molecular complexity index is 534. The smallest absolute Gasteiger partial charge is 0.123 e. The van der Waals surface area contributed by atoms with Crippen molar-refractivity contribution in [3.05, 3.63) is 53.1 Å². The maximum Gasteiger partial charge on any atom is 0.123 e. The van der Waals surface area contributed by atoms with Gasteiger partial charge in [-0.05, 0) is 23.6 Å². The van der Waals surface area contributed by atoms with Gasteiger partial charge in [0.2, 0.25) is 0 Å². The number of aliphatic hydroxyl groups excluding tert-OH is 1. The van der Waals surface area contributed by atoms with E-state index >= 15 is 0 Å². The molecule has 96 valence electrons. The Morgan fingerprint density at radius 2 is 2.17 bits per heavy atom. The lowest BCUT2D eigenvalue weighted by Crippen LogP contribution is -2.09. The van der Waals surface area contributed by atoms with Crippen molar-refractivity contribution in [2.24, 2.45) is 0 Å². The van der Waals surface area contributed by atoms with E-state index in [1.165, 1.54) is 12.1 Å². The molecule has 0 unspecified atom stereocenters. The first-order valence-corrected chi connectivity index (χ1v) is 6.01. The second-order valence-corrected chi connectivity index (χ2v) is 4.66. The fourth-order valence-electron chi connectivity index (χ4n) is 2.16. The standard InChI is InChI=1S/C14H17FN2O/c1-10(2)14-12(9-18)7-16-17(14)8-11-4-3-5-13(15)6-11/h3-7,10,18H,8-9H2,1-2H3. The molecule has 0 atom stereocenters. The van der Waals surface area contributed by atoms with E-state index in [2.05, 4.69) is 18.9 Å². The minimum absolute atomic E-state index is 0.0172. The molecular formula is C14H17FN2O. The number of halogens is 1. The van der Waals surface area contributed by atoms with E-state index in [1.54, 1.807) is 12.3 Å². The van der Waals surface area contributed by atoms with Crippen LogP contribution in [0.4, 0.5) is 4.39 Å². The number of aromatic nitrogens is 2. The van der Waals surface area contributed by atoms with E-state index < -0.39 is 0 Å². The van der Waals surface area contributed by atoms with Crippen molar-refractivity contribution in [1.29, 1.82) is 0 Å². The van der Waals surface area contributed by atoms with Crippen molar-refractivity contribution in [1.82, 2.24) is 9.78 Å². The Labute approximate surface area is 106 Å². The highest BCUT2D eigenvalue weighted by atomic mass is 19.1. The minimum atomic E-state index is -0.242. The molecule has 18 heavy (non-hydrogen) atoms. The molecule has 4 heteroatoms. The molecule has 1 aromatic carbocycles. The number of aliphatic hydroxyl groups is 1. The monoisotopic (exact) mass is 248 g/mol. The molecule has 0 amide bonds. The van der Waals surface area contributed by atoms with Crippen LogP contribution in [-0.4, -0.2) is 14.9 Å². The van der Waals surface area contributed by atoms with E-state index in [1.807, 2.05) is 10.7 Å². The summed E-state index contributed by atoms with van der Waals surface area (Å²) in [5.41, 5.74) is 2.70. The molecule has 1 N–H and O–H groups in total. The van der Waals surface area contributed by atoms with Crippen LogP contribution in [0.3, 0.4) is 0 Å². The zero-order valence-electron chi connectivity index (χ0n) is 10.6. The van der Waals surface area contributed by atoms with Crippen molar-refractivity contribution in [3.63, 3.8) is 0 Å². The zero-order chi connectivity index (χ0) is 13.1. The molecule has 3 nitrogen and oxygen atoms in total. The fraction of sp³-hybridized carbons (Fsp3) is 0.357. The minimum Gasteiger partial charge on any atom is -0.392 e. The molecular weight excluding hydrogens is 231 g/mol. The summed E-state index contributed by atoms with van der Waals surface area (Å²) in [4.78, 5) is 0. The maximum atomic E-state index is 13.1.